The number of anilines is 2. The molecular weight excluding hydrogens is 224 g/mol. The summed E-state index contributed by atoms with van der Waals surface area (Å²) in [5, 5.41) is 6.73. The van der Waals surface area contributed by atoms with Crippen molar-refractivity contribution in [2.24, 2.45) is 0 Å². The smallest absolute Gasteiger partial charge is 0.136 e. The summed E-state index contributed by atoms with van der Waals surface area (Å²) in [5.74, 6) is 3.55. The third-order valence-electron chi connectivity index (χ3n) is 3.67. The molecule has 4 nitrogen and oxygen atoms in total. The van der Waals surface area contributed by atoms with Gasteiger partial charge in [0, 0.05) is 24.6 Å². The zero-order chi connectivity index (χ0) is 13.1. The monoisotopic (exact) mass is 248 g/mol. The van der Waals surface area contributed by atoms with Crippen molar-refractivity contribution in [1.29, 1.82) is 0 Å². The Morgan fingerprint density at radius 1 is 1.17 bits per heavy atom. The molecule has 2 N–H and O–H groups in total. The first-order chi connectivity index (χ1) is 8.69. The van der Waals surface area contributed by atoms with Gasteiger partial charge in [-0.15, -0.1) is 0 Å². The summed E-state index contributed by atoms with van der Waals surface area (Å²) in [6.45, 7) is 6.49. The van der Waals surface area contributed by atoms with Gasteiger partial charge in [0.25, 0.3) is 0 Å². The molecule has 0 unspecified atom stereocenters. The van der Waals surface area contributed by atoms with Crippen LogP contribution in [0.3, 0.4) is 0 Å². The predicted octanol–water partition coefficient (Wildman–Crippen LogP) is 3.30. The van der Waals surface area contributed by atoms with E-state index in [0.29, 0.717) is 12.0 Å². The Bertz CT molecular complexity index is 409. The average Bonchev–Trinajstić information content (AvgIpc) is 3.22. The fourth-order valence-electron chi connectivity index (χ4n) is 2.13. The molecular formula is C14H24N4. The van der Waals surface area contributed by atoms with Crippen LogP contribution in [0.2, 0.25) is 0 Å². The molecule has 1 aliphatic carbocycles. The maximum atomic E-state index is 4.72. The summed E-state index contributed by atoms with van der Waals surface area (Å²) >= 11 is 0. The van der Waals surface area contributed by atoms with Crippen LogP contribution in [-0.4, -0.2) is 23.1 Å². The van der Waals surface area contributed by atoms with Crippen LogP contribution >= 0.6 is 0 Å². The van der Waals surface area contributed by atoms with Crippen molar-refractivity contribution in [1.82, 2.24) is 9.97 Å². The Labute approximate surface area is 110 Å². The molecule has 1 fully saturated rings. The van der Waals surface area contributed by atoms with Crippen LogP contribution < -0.4 is 10.6 Å². The lowest BCUT2D eigenvalue weighted by Gasteiger charge is -2.19. The van der Waals surface area contributed by atoms with Gasteiger partial charge in [0.1, 0.15) is 17.5 Å². The highest BCUT2D eigenvalue weighted by Gasteiger charge is 2.28. The molecule has 0 radical (unpaired) electrons. The third kappa shape index (κ3) is 2.74. The van der Waals surface area contributed by atoms with Gasteiger partial charge in [-0.05, 0) is 32.6 Å². The fraction of sp³-hybridized carbons (Fsp3) is 0.714. The summed E-state index contributed by atoms with van der Waals surface area (Å²) in [6, 6.07) is 0.496. The maximum Gasteiger partial charge on any atom is 0.136 e. The molecule has 0 bridgehead atoms. The minimum Gasteiger partial charge on any atom is -0.373 e. The van der Waals surface area contributed by atoms with Crippen LogP contribution in [0.15, 0.2) is 0 Å². The van der Waals surface area contributed by atoms with Crippen LogP contribution in [0.25, 0.3) is 0 Å². The standard InChI is InChI=1S/C14H24N4/c1-5-11(6-2)16-13-9(3)12(15-4)17-14(18-13)10-7-8-10/h10-11H,5-8H2,1-4H3,(H2,15,16,17,18). The van der Waals surface area contributed by atoms with Gasteiger partial charge in [0.15, 0.2) is 0 Å². The minimum absolute atomic E-state index is 0.496. The van der Waals surface area contributed by atoms with E-state index in [2.05, 4.69) is 36.4 Å². The first-order valence-corrected chi connectivity index (χ1v) is 7.02. The minimum atomic E-state index is 0.496. The molecule has 1 aliphatic rings. The summed E-state index contributed by atoms with van der Waals surface area (Å²) < 4.78 is 0. The quantitative estimate of drug-likeness (QED) is 0.811. The number of hydrogen-bond donors (Lipinski definition) is 2. The topological polar surface area (TPSA) is 49.8 Å². The van der Waals surface area contributed by atoms with Gasteiger partial charge in [0.2, 0.25) is 0 Å². The lowest BCUT2D eigenvalue weighted by molar-refractivity contribution is 0.666. The number of rotatable bonds is 6. The lowest BCUT2D eigenvalue weighted by atomic mass is 10.1. The van der Waals surface area contributed by atoms with Crippen LogP contribution in [0.1, 0.15) is 56.8 Å². The molecule has 0 atom stereocenters. The fourth-order valence-corrected chi connectivity index (χ4v) is 2.13. The van der Waals surface area contributed by atoms with Crippen molar-refractivity contribution in [3.05, 3.63) is 11.4 Å². The van der Waals surface area contributed by atoms with Gasteiger partial charge in [0.05, 0.1) is 0 Å². The summed E-state index contributed by atoms with van der Waals surface area (Å²) in [4.78, 5) is 9.33. The SMILES string of the molecule is CCC(CC)Nc1nc(C2CC2)nc(NC)c1C. The van der Waals surface area contributed by atoms with Crippen molar-refractivity contribution in [2.75, 3.05) is 17.7 Å². The van der Waals surface area contributed by atoms with E-state index in [1.165, 1.54) is 12.8 Å². The number of hydrogen-bond acceptors (Lipinski definition) is 4. The first kappa shape index (κ1) is 13.1. The van der Waals surface area contributed by atoms with Crippen LogP contribution in [0.5, 0.6) is 0 Å². The van der Waals surface area contributed by atoms with Crippen LogP contribution in [-0.2, 0) is 0 Å². The molecule has 2 rings (SSSR count). The largest absolute Gasteiger partial charge is 0.373 e. The van der Waals surface area contributed by atoms with Crippen LogP contribution in [0, 0.1) is 6.92 Å². The van der Waals surface area contributed by atoms with Crippen molar-refractivity contribution >= 4 is 11.6 Å². The second-order valence-corrected chi connectivity index (χ2v) is 5.09. The van der Waals surface area contributed by atoms with Gasteiger partial charge in [-0.3, -0.25) is 0 Å². The number of nitrogens with zero attached hydrogens (tertiary/aromatic N) is 2. The molecule has 1 aromatic heterocycles. The lowest BCUT2D eigenvalue weighted by Crippen LogP contribution is -2.20. The molecule has 0 spiro atoms. The highest BCUT2D eigenvalue weighted by molar-refractivity contribution is 5.57. The van der Waals surface area contributed by atoms with E-state index in [-0.39, 0.29) is 0 Å². The van der Waals surface area contributed by atoms with E-state index in [1.807, 2.05) is 7.05 Å². The molecule has 18 heavy (non-hydrogen) atoms. The van der Waals surface area contributed by atoms with Crippen molar-refractivity contribution in [3.8, 4) is 0 Å². The van der Waals surface area contributed by atoms with Gasteiger partial charge >= 0.3 is 0 Å². The highest BCUT2D eigenvalue weighted by Crippen LogP contribution is 2.39. The molecule has 1 aromatic rings. The van der Waals surface area contributed by atoms with Gasteiger partial charge < -0.3 is 10.6 Å². The zero-order valence-corrected chi connectivity index (χ0v) is 11.9. The van der Waals surface area contributed by atoms with E-state index in [4.69, 9.17) is 4.98 Å². The Hall–Kier alpha value is -1.32. The molecule has 0 amide bonds. The molecule has 100 valence electrons. The molecule has 1 heterocycles. The van der Waals surface area contributed by atoms with E-state index in [0.717, 1.165) is 35.9 Å². The predicted molar refractivity (Wildman–Crippen MR) is 76.3 cm³/mol. The molecule has 1 saturated carbocycles. The zero-order valence-electron chi connectivity index (χ0n) is 11.9. The van der Waals surface area contributed by atoms with E-state index >= 15 is 0 Å². The second kappa shape index (κ2) is 5.55. The Morgan fingerprint density at radius 2 is 1.78 bits per heavy atom. The van der Waals surface area contributed by atoms with Crippen molar-refractivity contribution in [3.63, 3.8) is 0 Å². The van der Waals surface area contributed by atoms with Crippen LogP contribution in [0.4, 0.5) is 11.6 Å². The van der Waals surface area contributed by atoms with E-state index < -0.39 is 0 Å². The molecule has 0 aliphatic heterocycles. The normalized spacial score (nSPS) is 14.9. The molecule has 4 heteroatoms. The van der Waals surface area contributed by atoms with Gasteiger partial charge in [-0.1, -0.05) is 13.8 Å². The van der Waals surface area contributed by atoms with Gasteiger partial charge in [-0.2, -0.15) is 0 Å². The summed E-state index contributed by atoms with van der Waals surface area (Å²) in [6.07, 6.45) is 4.70. The third-order valence-corrected chi connectivity index (χ3v) is 3.67. The maximum absolute atomic E-state index is 4.72. The average molecular weight is 248 g/mol. The van der Waals surface area contributed by atoms with Crippen molar-refractivity contribution in [2.45, 2.75) is 58.4 Å². The second-order valence-electron chi connectivity index (χ2n) is 5.09. The first-order valence-electron chi connectivity index (χ1n) is 7.02. The molecule has 0 aromatic carbocycles. The Balaban J connectivity index is 2.28. The Morgan fingerprint density at radius 3 is 2.28 bits per heavy atom. The van der Waals surface area contributed by atoms with E-state index in [1.54, 1.807) is 0 Å². The Kier molecular flexibility index (Phi) is 4.04. The van der Waals surface area contributed by atoms with E-state index in [9.17, 15) is 0 Å². The molecule has 0 saturated heterocycles. The number of aromatic nitrogens is 2. The van der Waals surface area contributed by atoms with Gasteiger partial charge in [-0.25, -0.2) is 9.97 Å². The number of nitrogens with one attached hydrogen (secondary N) is 2. The summed E-state index contributed by atoms with van der Waals surface area (Å²) in [5.41, 5.74) is 1.12. The summed E-state index contributed by atoms with van der Waals surface area (Å²) in [7, 11) is 1.92. The highest BCUT2D eigenvalue weighted by atomic mass is 15.1. The van der Waals surface area contributed by atoms with Crippen molar-refractivity contribution < 1.29 is 0 Å².